The lowest BCUT2D eigenvalue weighted by Crippen LogP contribution is -2.26. The molecule has 154 valence electrons. The second-order valence-electron chi connectivity index (χ2n) is 7.30. The van der Waals surface area contributed by atoms with Gasteiger partial charge in [-0.25, -0.2) is 8.42 Å². The van der Waals surface area contributed by atoms with Crippen molar-refractivity contribution < 1.29 is 18.0 Å². The Balaban J connectivity index is 1.63. The van der Waals surface area contributed by atoms with Gasteiger partial charge in [-0.2, -0.15) is 0 Å². The van der Waals surface area contributed by atoms with Crippen molar-refractivity contribution in [1.29, 1.82) is 0 Å². The van der Waals surface area contributed by atoms with Crippen molar-refractivity contribution in [2.24, 2.45) is 0 Å². The normalized spacial score (nSPS) is 16.3. The molecule has 2 aromatic rings. The van der Waals surface area contributed by atoms with Crippen LogP contribution in [0.15, 0.2) is 52.3 Å². The predicted octanol–water partition coefficient (Wildman–Crippen LogP) is 4.05. The van der Waals surface area contributed by atoms with Crippen LogP contribution in [0.3, 0.4) is 0 Å². The Morgan fingerprint density at radius 3 is 2.52 bits per heavy atom. The van der Waals surface area contributed by atoms with E-state index in [0.717, 1.165) is 0 Å². The molecule has 6 nitrogen and oxygen atoms in total. The fraction of sp³-hybridized carbons (Fsp3) is 0.333. The number of amides is 2. The molecular weight excluding hydrogens is 408 g/mol. The van der Waals surface area contributed by atoms with Gasteiger partial charge in [-0.1, -0.05) is 26.0 Å². The zero-order valence-corrected chi connectivity index (χ0v) is 18.2. The lowest BCUT2D eigenvalue weighted by Gasteiger charge is -2.21. The van der Waals surface area contributed by atoms with E-state index >= 15 is 0 Å². The molecule has 8 heteroatoms. The Morgan fingerprint density at radius 1 is 1.17 bits per heavy atom. The molecule has 0 saturated heterocycles. The van der Waals surface area contributed by atoms with Crippen LogP contribution in [0.4, 0.5) is 11.4 Å². The average Bonchev–Trinajstić information content (AvgIpc) is 2.67. The number of anilines is 2. The summed E-state index contributed by atoms with van der Waals surface area (Å²) in [5.41, 5.74) is 2.42. The highest BCUT2D eigenvalue weighted by Crippen LogP contribution is 2.37. The van der Waals surface area contributed by atoms with Crippen molar-refractivity contribution in [3.8, 4) is 0 Å². The van der Waals surface area contributed by atoms with Crippen molar-refractivity contribution in [2.75, 3.05) is 16.4 Å². The summed E-state index contributed by atoms with van der Waals surface area (Å²) < 4.78 is 25.3. The summed E-state index contributed by atoms with van der Waals surface area (Å²) in [7, 11) is -3.62. The number of sulfone groups is 1. The Hall–Kier alpha value is -2.32. The number of benzene rings is 2. The minimum atomic E-state index is -3.62. The van der Waals surface area contributed by atoms with Crippen LogP contribution in [0, 0.1) is 0 Å². The lowest BCUT2D eigenvalue weighted by molar-refractivity contribution is -0.116. The molecule has 0 saturated carbocycles. The molecule has 0 radical (unpaired) electrons. The molecule has 2 amide bonds. The van der Waals surface area contributed by atoms with Crippen LogP contribution in [0.1, 0.15) is 38.7 Å². The molecule has 1 heterocycles. The first-order valence-electron chi connectivity index (χ1n) is 9.40. The summed E-state index contributed by atoms with van der Waals surface area (Å²) in [5.74, 6) is -0.333. The third-order valence-corrected chi connectivity index (χ3v) is 7.58. The minimum Gasteiger partial charge on any atom is -0.326 e. The first-order valence-corrected chi connectivity index (χ1v) is 11.9. The first-order chi connectivity index (χ1) is 13.7. The van der Waals surface area contributed by atoms with Gasteiger partial charge >= 0.3 is 0 Å². The van der Waals surface area contributed by atoms with Gasteiger partial charge in [0.15, 0.2) is 9.84 Å². The standard InChI is InChI=1S/C21H24N2O4S2/c1-13(2)15-4-6-16(7-5-15)22-20(24)10-11-29(26,27)17-8-9-18-19(12-17)28-14(3)21(25)23-18/h4-9,12-14H,10-11H2,1-3H3,(H,22,24)(H,23,25). The zero-order chi connectivity index (χ0) is 21.2. The lowest BCUT2D eigenvalue weighted by atomic mass is 10.0. The van der Waals surface area contributed by atoms with Crippen LogP contribution in [0.5, 0.6) is 0 Å². The first kappa shape index (κ1) is 21.4. The third kappa shape index (κ3) is 5.19. The topological polar surface area (TPSA) is 92.3 Å². The molecule has 0 spiro atoms. The molecule has 1 atom stereocenters. The SMILES string of the molecule is CC1Sc2cc(S(=O)(=O)CCC(=O)Nc3ccc(C(C)C)cc3)ccc2NC1=O. The van der Waals surface area contributed by atoms with E-state index in [-0.39, 0.29) is 34.1 Å². The number of rotatable bonds is 6. The highest BCUT2D eigenvalue weighted by Gasteiger charge is 2.25. The van der Waals surface area contributed by atoms with Crippen molar-refractivity contribution in [2.45, 2.75) is 48.2 Å². The molecule has 29 heavy (non-hydrogen) atoms. The molecule has 1 aliphatic heterocycles. The van der Waals surface area contributed by atoms with E-state index < -0.39 is 9.84 Å². The molecule has 0 bridgehead atoms. The monoisotopic (exact) mass is 432 g/mol. The van der Waals surface area contributed by atoms with Crippen molar-refractivity contribution in [1.82, 2.24) is 0 Å². The Labute approximate surface area is 175 Å². The number of hydrogen-bond donors (Lipinski definition) is 2. The van der Waals surface area contributed by atoms with E-state index in [4.69, 9.17) is 0 Å². The number of thioether (sulfide) groups is 1. The van der Waals surface area contributed by atoms with Crippen molar-refractivity contribution in [3.63, 3.8) is 0 Å². The van der Waals surface area contributed by atoms with E-state index in [9.17, 15) is 18.0 Å². The Kier molecular flexibility index (Phi) is 6.33. The summed E-state index contributed by atoms with van der Waals surface area (Å²) in [4.78, 5) is 24.8. The van der Waals surface area contributed by atoms with Crippen LogP contribution >= 0.6 is 11.8 Å². The molecule has 0 fully saturated rings. The fourth-order valence-corrected chi connectivity index (χ4v) is 5.22. The predicted molar refractivity (Wildman–Crippen MR) is 116 cm³/mol. The Bertz CT molecular complexity index is 1030. The van der Waals surface area contributed by atoms with Gasteiger partial charge in [0.2, 0.25) is 11.8 Å². The quantitative estimate of drug-likeness (QED) is 0.719. The van der Waals surface area contributed by atoms with Gasteiger partial charge in [0.25, 0.3) is 0 Å². The van der Waals surface area contributed by atoms with Crippen LogP contribution in [-0.4, -0.2) is 31.2 Å². The van der Waals surface area contributed by atoms with Gasteiger partial charge in [-0.15, -0.1) is 11.8 Å². The van der Waals surface area contributed by atoms with Crippen molar-refractivity contribution >= 4 is 44.8 Å². The van der Waals surface area contributed by atoms with Gasteiger partial charge < -0.3 is 10.6 Å². The summed E-state index contributed by atoms with van der Waals surface area (Å²) in [5, 5.41) is 5.21. The number of hydrogen-bond acceptors (Lipinski definition) is 5. The van der Waals surface area contributed by atoms with Gasteiger partial charge in [0, 0.05) is 17.0 Å². The molecule has 1 aliphatic rings. The second-order valence-corrected chi connectivity index (χ2v) is 10.8. The molecular formula is C21H24N2O4S2. The molecule has 0 aromatic heterocycles. The van der Waals surface area contributed by atoms with E-state index in [0.29, 0.717) is 22.2 Å². The van der Waals surface area contributed by atoms with Gasteiger partial charge in [-0.05, 0) is 48.7 Å². The van der Waals surface area contributed by atoms with Crippen LogP contribution < -0.4 is 10.6 Å². The van der Waals surface area contributed by atoms with Crippen molar-refractivity contribution in [3.05, 3.63) is 48.0 Å². The molecule has 3 rings (SSSR count). The van der Waals surface area contributed by atoms with E-state index in [1.165, 1.54) is 23.4 Å². The Morgan fingerprint density at radius 2 is 1.86 bits per heavy atom. The number of nitrogens with one attached hydrogen (secondary N) is 2. The van der Waals surface area contributed by atoms with Gasteiger partial charge in [0.1, 0.15) is 0 Å². The van der Waals surface area contributed by atoms with Gasteiger partial charge in [0.05, 0.1) is 21.6 Å². The summed E-state index contributed by atoms with van der Waals surface area (Å²) in [6.45, 7) is 5.95. The molecule has 2 N–H and O–H groups in total. The highest BCUT2D eigenvalue weighted by molar-refractivity contribution is 8.01. The summed E-state index contributed by atoms with van der Waals surface area (Å²) in [6, 6.07) is 12.1. The fourth-order valence-electron chi connectivity index (χ4n) is 2.89. The van der Waals surface area contributed by atoms with Crippen LogP contribution in [0.2, 0.25) is 0 Å². The molecule has 2 aromatic carbocycles. The number of carbonyl (C=O) groups excluding carboxylic acids is 2. The second kappa shape index (κ2) is 8.59. The average molecular weight is 433 g/mol. The maximum Gasteiger partial charge on any atom is 0.237 e. The number of carbonyl (C=O) groups is 2. The molecule has 1 unspecified atom stereocenters. The van der Waals surface area contributed by atoms with Crippen LogP contribution in [-0.2, 0) is 19.4 Å². The highest BCUT2D eigenvalue weighted by atomic mass is 32.2. The smallest absolute Gasteiger partial charge is 0.237 e. The third-order valence-electron chi connectivity index (χ3n) is 4.70. The summed E-state index contributed by atoms with van der Waals surface area (Å²) >= 11 is 1.32. The van der Waals surface area contributed by atoms with Crippen LogP contribution in [0.25, 0.3) is 0 Å². The van der Waals surface area contributed by atoms with E-state index in [2.05, 4.69) is 24.5 Å². The maximum atomic E-state index is 12.7. The maximum absolute atomic E-state index is 12.7. The zero-order valence-electron chi connectivity index (χ0n) is 16.6. The largest absolute Gasteiger partial charge is 0.326 e. The van der Waals surface area contributed by atoms with E-state index in [1.54, 1.807) is 19.1 Å². The summed E-state index contributed by atoms with van der Waals surface area (Å²) in [6.07, 6.45) is -0.133. The number of fused-ring (bicyclic) bond motifs is 1. The molecule has 0 aliphatic carbocycles. The van der Waals surface area contributed by atoms with E-state index in [1.807, 2.05) is 24.3 Å². The van der Waals surface area contributed by atoms with Gasteiger partial charge in [-0.3, -0.25) is 9.59 Å². The minimum absolute atomic E-state index is 0.101.